The lowest BCUT2D eigenvalue weighted by Gasteiger charge is -2.36. The first-order chi connectivity index (χ1) is 10.1. The smallest absolute Gasteiger partial charge is 0.216 e. The van der Waals surface area contributed by atoms with Crippen molar-refractivity contribution in [3.63, 3.8) is 0 Å². The van der Waals surface area contributed by atoms with Crippen LogP contribution in [0.1, 0.15) is 25.3 Å². The number of nitrogens with zero attached hydrogens (tertiary/aromatic N) is 4. The Labute approximate surface area is 124 Å². The Kier molecular flexibility index (Phi) is 3.47. The quantitative estimate of drug-likeness (QED) is 0.891. The Morgan fingerprint density at radius 2 is 2.10 bits per heavy atom. The summed E-state index contributed by atoms with van der Waals surface area (Å²) in [6, 6.07) is 0. The van der Waals surface area contributed by atoms with Crippen molar-refractivity contribution in [1.29, 1.82) is 0 Å². The molecule has 1 aliphatic carbocycles. The summed E-state index contributed by atoms with van der Waals surface area (Å²) in [5.74, 6) is 0.406. The summed E-state index contributed by atoms with van der Waals surface area (Å²) in [7, 11) is 1.76. The molecule has 0 saturated carbocycles. The molecule has 1 aromatic rings. The van der Waals surface area contributed by atoms with E-state index in [4.69, 9.17) is 10.6 Å². The third-order valence-electron chi connectivity index (χ3n) is 3.92. The van der Waals surface area contributed by atoms with Crippen molar-refractivity contribution in [3.05, 3.63) is 42.0 Å². The van der Waals surface area contributed by atoms with Gasteiger partial charge in [-0.3, -0.25) is 4.84 Å². The highest BCUT2D eigenvalue weighted by molar-refractivity contribution is 5.79. The van der Waals surface area contributed by atoms with Gasteiger partial charge in [-0.25, -0.2) is 20.0 Å². The number of hydroxylamine groups is 2. The van der Waals surface area contributed by atoms with Gasteiger partial charge in [0.1, 0.15) is 18.5 Å². The molecule has 0 amide bonds. The first-order valence-electron chi connectivity index (χ1n) is 6.97. The number of allylic oxidation sites excluding steroid dienone is 3. The van der Waals surface area contributed by atoms with E-state index in [1.54, 1.807) is 7.05 Å². The van der Waals surface area contributed by atoms with Crippen molar-refractivity contribution in [2.75, 3.05) is 13.7 Å². The van der Waals surface area contributed by atoms with E-state index in [1.807, 2.05) is 12.4 Å². The maximum absolute atomic E-state index is 5.90. The lowest BCUT2D eigenvalue weighted by atomic mass is 9.84. The molecular formula is C15H19N5O. The van der Waals surface area contributed by atoms with Crippen molar-refractivity contribution >= 4 is 11.5 Å². The van der Waals surface area contributed by atoms with Crippen LogP contribution >= 0.6 is 0 Å². The molecule has 0 bridgehead atoms. The van der Waals surface area contributed by atoms with Crippen LogP contribution in [0.15, 0.2) is 41.4 Å². The van der Waals surface area contributed by atoms with E-state index in [0.717, 1.165) is 24.0 Å². The largest absolute Gasteiger partial charge is 0.368 e. The Morgan fingerprint density at radius 1 is 1.33 bits per heavy atom. The lowest BCUT2D eigenvalue weighted by molar-refractivity contribution is -0.106. The van der Waals surface area contributed by atoms with E-state index in [-0.39, 0.29) is 0 Å². The fraction of sp³-hybridized carbons (Fsp3) is 0.400. The second-order valence-electron chi connectivity index (χ2n) is 5.51. The zero-order valence-corrected chi connectivity index (χ0v) is 12.3. The summed E-state index contributed by atoms with van der Waals surface area (Å²) in [4.78, 5) is 18.4. The van der Waals surface area contributed by atoms with Crippen LogP contribution in [0.25, 0.3) is 5.57 Å². The number of nitrogens with two attached hydrogens (primary N) is 1. The molecule has 3 rings (SSSR count). The number of guanidine groups is 1. The van der Waals surface area contributed by atoms with Crippen molar-refractivity contribution in [3.8, 4) is 0 Å². The van der Waals surface area contributed by atoms with Crippen LogP contribution in [0.5, 0.6) is 0 Å². The van der Waals surface area contributed by atoms with E-state index in [1.165, 1.54) is 17.0 Å². The second-order valence-corrected chi connectivity index (χ2v) is 5.51. The van der Waals surface area contributed by atoms with Gasteiger partial charge in [0.15, 0.2) is 0 Å². The molecule has 0 fully saturated rings. The molecule has 6 nitrogen and oxygen atoms in total. The SMILES string of the molecule is CN1OCC(C)(C2=CC(c3cncnc3)=CCC2)N=C1N. The molecule has 110 valence electrons. The molecule has 1 unspecified atom stereocenters. The fourth-order valence-electron chi connectivity index (χ4n) is 2.58. The minimum absolute atomic E-state index is 0.406. The summed E-state index contributed by atoms with van der Waals surface area (Å²) in [6.45, 7) is 2.55. The molecule has 2 aliphatic rings. The number of rotatable bonds is 2. The van der Waals surface area contributed by atoms with Gasteiger partial charge in [0.25, 0.3) is 0 Å². The Morgan fingerprint density at radius 3 is 2.81 bits per heavy atom. The molecule has 0 aromatic carbocycles. The van der Waals surface area contributed by atoms with Crippen molar-refractivity contribution in [2.24, 2.45) is 10.7 Å². The third kappa shape index (κ3) is 2.67. The van der Waals surface area contributed by atoms with Gasteiger partial charge in [0.2, 0.25) is 5.96 Å². The maximum atomic E-state index is 5.90. The Hall–Kier alpha value is -2.21. The minimum Gasteiger partial charge on any atom is -0.368 e. The van der Waals surface area contributed by atoms with Crippen LogP contribution in [0.2, 0.25) is 0 Å². The number of hydrogen-bond acceptors (Lipinski definition) is 6. The van der Waals surface area contributed by atoms with E-state index >= 15 is 0 Å². The van der Waals surface area contributed by atoms with Crippen LogP contribution in [-0.2, 0) is 4.84 Å². The van der Waals surface area contributed by atoms with Gasteiger partial charge in [-0.05, 0) is 30.9 Å². The van der Waals surface area contributed by atoms with Crippen LogP contribution in [0.4, 0.5) is 0 Å². The third-order valence-corrected chi connectivity index (χ3v) is 3.92. The molecule has 2 heterocycles. The van der Waals surface area contributed by atoms with Crippen LogP contribution in [0, 0.1) is 0 Å². The summed E-state index contributed by atoms with van der Waals surface area (Å²) >= 11 is 0. The summed E-state index contributed by atoms with van der Waals surface area (Å²) in [5, 5.41) is 1.51. The average molecular weight is 285 g/mol. The van der Waals surface area contributed by atoms with Crippen LogP contribution in [0.3, 0.4) is 0 Å². The predicted molar refractivity (Wildman–Crippen MR) is 81.1 cm³/mol. The van der Waals surface area contributed by atoms with Gasteiger partial charge < -0.3 is 5.73 Å². The van der Waals surface area contributed by atoms with Gasteiger partial charge in [0, 0.05) is 25.0 Å². The Balaban J connectivity index is 1.93. The monoisotopic (exact) mass is 285 g/mol. The highest BCUT2D eigenvalue weighted by Gasteiger charge is 2.34. The molecule has 1 atom stereocenters. The highest BCUT2D eigenvalue weighted by atomic mass is 16.7. The average Bonchev–Trinajstić information content (AvgIpc) is 2.52. The lowest BCUT2D eigenvalue weighted by Crippen LogP contribution is -2.47. The van der Waals surface area contributed by atoms with Gasteiger partial charge in [0.05, 0.1) is 0 Å². The standard InChI is InChI=1S/C15H19N5O/c1-15(9-21-20(2)14(16)19-15)13-5-3-4-11(6-13)12-7-17-10-18-8-12/h4,6-8,10H,3,5,9H2,1-2H3,(H2,16,19). The van der Waals surface area contributed by atoms with Gasteiger partial charge in [-0.2, -0.15) is 0 Å². The van der Waals surface area contributed by atoms with E-state index in [2.05, 4.69) is 34.0 Å². The summed E-state index contributed by atoms with van der Waals surface area (Å²) in [5.41, 5.74) is 8.85. The topological polar surface area (TPSA) is 76.6 Å². The molecular weight excluding hydrogens is 266 g/mol. The number of aliphatic imine (C=N–C) groups is 1. The zero-order chi connectivity index (χ0) is 14.9. The highest BCUT2D eigenvalue weighted by Crippen LogP contribution is 2.34. The molecule has 0 spiro atoms. The first kappa shape index (κ1) is 13.8. The molecule has 0 radical (unpaired) electrons. The molecule has 1 aromatic heterocycles. The summed E-state index contributed by atoms with van der Waals surface area (Å²) < 4.78 is 0. The van der Waals surface area contributed by atoms with Gasteiger partial charge in [-0.15, -0.1) is 0 Å². The summed E-state index contributed by atoms with van der Waals surface area (Å²) in [6.07, 6.45) is 11.5. The fourth-order valence-corrected chi connectivity index (χ4v) is 2.58. The predicted octanol–water partition coefficient (Wildman–Crippen LogP) is 1.53. The van der Waals surface area contributed by atoms with E-state index < -0.39 is 5.54 Å². The molecule has 0 saturated heterocycles. The number of hydrogen-bond donors (Lipinski definition) is 1. The van der Waals surface area contributed by atoms with E-state index in [9.17, 15) is 0 Å². The zero-order valence-electron chi connectivity index (χ0n) is 12.3. The normalized spacial score (nSPS) is 26.0. The Bertz CT molecular complexity index is 622. The van der Waals surface area contributed by atoms with Crippen molar-refractivity contribution in [1.82, 2.24) is 15.0 Å². The second kappa shape index (κ2) is 5.29. The molecule has 21 heavy (non-hydrogen) atoms. The van der Waals surface area contributed by atoms with Gasteiger partial charge >= 0.3 is 0 Å². The minimum atomic E-state index is -0.411. The molecule has 2 N–H and O–H groups in total. The maximum Gasteiger partial charge on any atom is 0.216 e. The number of aromatic nitrogens is 2. The molecule has 6 heteroatoms. The van der Waals surface area contributed by atoms with Crippen LogP contribution < -0.4 is 5.73 Å². The first-order valence-corrected chi connectivity index (χ1v) is 6.97. The van der Waals surface area contributed by atoms with Gasteiger partial charge in [-0.1, -0.05) is 12.2 Å². The van der Waals surface area contributed by atoms with Crippen molar-refractivity contribution < 1.29 is 4.84 Å². The molecule has 1 aliphatic heterocycles. The van der Waals surface area contributed by atoms with E-state index in [0.29, 0.717) is 12.6 Å². The van der Waals surface area contributed by atoms with Crippen molar-refractivity contribution in [2.45, 2.75) is 25.3 Å². The van der Waals surface area contributed by atoms with Crippen LogP contribution in [-0.4, -0.2) is 40.2 Å².